The van der Waals surface area contributed by atoms with Gasteiger partial charge in [0.25, 0.3) is 0 Å². The number of carbonyl (C=O) groups excluding carboxylic acids is 2. The molecule has 1 aromatic heterocycles. The molecular weight excluding hydrogens is 348 g/mol. The summed E-state index contributed by atoms with van der Waals surface area (Å²) in [7, 11) is 0. The zero-order valence-electron chi connectivity index (χ0n) is 14.8. The Labute approximate surface area is 154 Å². The molecule has 136 valence electrons. The molecular formula is C19H16N4O4. The summed E-state index contributed by atoms with van der Waals surface area (Å²) in [6, 6.07) is 8.27. The number of nitrogens with zero attached hydrogens (tertiary/aromatic N) is 4. The molecule has 2 aromatic carbocycles. The van der Waals surface area contributed by atoms with Crippen molar-refractivity contribution in [3.63, 3.8) is 0 Å². The quantitative estimate of drug-likeness (QED) is 0.536. The van der Waals surface area contributed by atoms with Crippen LogP contribution in [0.3, 0.4) is 0 Å². The molecule has 1 aliphatic carbocycles. The van der Waals surface area contributed by atoms with Crippen molar-refractivity contribution in [1.82, 2.24) is 20.2 Å². The number of benzene rings is 2. The van der Waals surface area contributed by atoms with Crippen molar-refractivity contribution in [3.8, 4) is 17.2 Å². The van der Waals surface area contributed by atoms with Gasteiger partial charge in [0.1, 0.15) is 17.8 Å². The SMILES string of the molecule is CCOc1cccc2c1C(=O)c1c(OCC)cc(-n3cnnn3)cc1C2=O. The Kier molecular flexibility index (Phi) is 4.15. The third kappa shape index (κ3) is 2.66. The number of carbonyl (C=O) groups is 2. The zero-order valence-corrected chi connectivity index (χ0v) is 14.8. The highest BCUT2D eigenvalue weighted by Gasteiger charge is 2.35. The molecule has 0 radical (unpaired) electrons. The topological polar surface area (TPSA) is 96.2 Å². The van der Waals surface area contributed by atoms with Gasteiger partial charge in [-0.1, -0.05) is 12.1 Å². The van der Waals surface area contributed by atoms with Crippen molar-refractivity contribution in [2.45, 2.75) is 13.8 Å². The van der Waals surface area contributed by atoms with Crippen LogP contribution < -0.4 is 9.47 Å². The number of rotatable bonds is 5. The highest BCUT2D eigenvalue weighted by molar-refractivity contribution is 6.30. The number of ether oxygens (including phenoxy) is 2. The molecule has 0 amide bonds. The zero-order chi connectivity index (χ0) is 19.0. The van der Waals surface area contributed by atoms with Crippen molar-refractivity contribution >= 4 is 11.6 Å². The first-order valence-corrected chi connectivity index (χ1v) is 8.55. The summed E-state index contributed by atoms with van der Waals surface area (Å²) >= 11 is 0. The summed E-state index contributed by atoms with van der Waals surface area (Å²) < 4.78 is 12.7. The second kappa shape index (κ2) is 6.64. The van der Waals surface area contributed by atoms with E-state index in [1.807, 2.05) is 13.8 Å². The minimum atomic E-state index is -0.296. The average Bonchev–Trinajstić information content (AvgIpc) is 3.21. The largest absolute Gasteiger partial charge is 0.493 e. The molecule has 0 saturated carbocycles. The molecule has 0 saturated heterocycles. The van der Waals surface area contributed by atoms with E-state index in [0.717, 1.165) is 0 Å². The highest BCUT2D eigenvalue weighted by atomic mass is 16.5. The van der Waals surface area contributed by atoms with Gasteiger partial charge in [0.15, 0.2) is 5.78 Å². The predicted octanol–water partition coefficient (Wildman–Crippen LogP) is 2.24. The smallest absolute Gasteiger partial charge is 0.201 e. The molecule has 0 aliphatic heterocycles. The second-order valence-corrected chi connectivity index (χ2v) is 5.82. The summed E-state index contributed by atoms with van der Waals surface area (Å²) in [6.45, 7) is 4.37. The Morgan fingerprint density at radius 2 is 1.67 bits per heavy atom. The van der Waals surface area contributed by atoms with E-state index in [1.54, 1.807) is 30.3 Å². The van der Waals surface area contributed by atoms with Crippen LogP contribution in [-0.2, 0) is 0 Å². The van der Waals surface area contributed by atoms with Crippen LogP contribution in [0.1, 0.15) is 45.7 Å². The van der Waals surface area contributed by atoms with E-state index in [0.29, 0.717) is 36.0 Å². The minimum absolute atomic E-state index is 0.235. The van der Waals surface area contributed by atoms with Gasteiger partial charge in [0.2, 0.25) is 5.78 Å². The Balaban J connectivity index is 1.96. The lowest BCUT2D eigenvalue weighted by atomic mass is 9.82. The van der Waals surface area contributed by atoms with Crippen LogP contribution in [0, 0.1) is 0 Å². The first-order valence-electron chi connectivity index (χ1n) is 8.55. The standard InChI is InChI=1S/C19H16N4O4/c1-3-26-14-7-5-6-12-16(14)19(25)17-13(18(12)24)8-11(9-15(17)27-4-2)23-10-20-21-22-23/h5-10H,3-4H2,1-2H3. The molecule has 0 bridgehead atoms. The summed E-state index contributed by atoms with van der Waals surface area (Å²) in [4.78, 5) is 26.4. The Bertz CT molecular complexity index is 1040. The fourth-order valence-corrected chi connectivity index (χ4v) is 3.20. The number of aromatic nitrogens is 4. The Morgan fingerprint density at radius 1 is 0.926 bits per heavy atom. The van der Waals surface area contributed by atoms with Gasteiger partial charge < -0.3 is 9.47 Å². The summed E-state index contributed by atoms with van der Waals surface area (Å²) in [5.74, 6) is 0.147. The average molecular weight is 364 g/mol. The van der Waals surface area contributed by atoms with Crippen LogP contribution in [0.5, 0.6) is 11.5 Å². The van der Waals surface area contributed by atoms with Crippen LogP contribution in [0.2, 0.25) is 0 Å². The minimum Gasteiger partial charge on any atom is -0.493 e. The van der Waals surface area contributed by atoms with Gasteiger partial charge in [-0.15, -0.1) is 5.10 Å². The van der Waals surface area contributed by atoms with E-state index in [9.17, 15) is 9.59 Å². The van der Waals surface area contributed by atoms with Gasteiger partial charge in [-0.25, -0.2) is 4.68 Å². The molecule has 8 nitrogen and oxygen atoms in total. The Morgan fingerprint density at radius 3 is 2.37 bits per heavy atom. The van der Waals surface area contributed by atoms with Crippen LogP contribution in [-0.4, -0.2) is 45.0 Å². The fraction of sp³-hybridized carbons (Fsp3) is 0.211. The molecule has 3 aromatic rings. The maximum absolute atomic E-state index is 13.3. The molecule has 0 N–H and O–H groups in total. The van der Waals surface area contributed by atoms with E-state index in [2.05, 4.69) is 15.5 Å². The second-order valence-electron chi connectivity index (χ2n) is 5.82. The van der Waals surface area contributed by atoms with Crippen LogP contribution in [0.25, 0.3) is 5.69 Å². The van der Waals surface area contributed by atoms with E-state index < -0.39 is 0 Å². The molecule has 0 atom stereocenters. The molecule has 4 rings (SSSR count). The number of hydrogen-bond acceptors (Lipinski definition) is 7. The van der Waals surface area contributed by atoms with E-state index in [4.69, 9.17) is 9.47 Å². The van der Waals surface area contributed by atoms with Crippen molar-refractivity contribution in [3.05, 3.63) is 58.9 Å². The third-order valence-electron chi connectivity index (χ3n) is 4.27. The van der Waals surface area contributed by atoms with Crippen molar-refractivity contribution in [2.24, 2.45) is 0 Å². The van der Waals surface area contributed by atoms with Gasteiger partial charge in [-0.05, 0) is 36.4 Å². The van der Waals surface area contributed by atoms with E-state index in [-0.39, 0.29) is 28.3 Å². The summed E-state index contributed by atoms with van der Waals surface area (Å²) in [5.41, 5.74) is 1.62. The van der Waals surface area contributed by atoms with Crippen LogP contribution in [0.15, 0.2) is 36.7 Å². The lowest BCUT2D eigenvalue weighted by Gasteiger charge is -2.22. The molecule has 0 unspecified atom stereocenters. The predicted molar refractivity (Wildman–Crippen MR) is 94.8 cm³/mol. The molecule has 8 heteroatoms. The monoisotopic (exact) mass is 364 g/mol. The number of ketones is 2. The summed E-state index contributed by atoms with van der Waals surface area (Å²) in [6.07, 6.45) is 1.41. The molecule has 1 heterocycles. The maximum Gasteiger partial charge on any atom is 0.201 e. The number of hydrogen-bond donors (Lipinski definition) is 0. The molecule has 0 spiro atoms. The van der Waals surface area contributed by atoms with Crippen LogP contribution in [0.4, 0.5) is 0 Å². The number of fused-ring (bicyclic) bond motifs is 2. The van der Waals surface area contributed by atoms with Gasteiger partial charge >= 0.3 is 0 Å². The van der Waals surface area contributed by atoms with Crippen molar-refractivity contribution < 1.29 is 19.1 Å². The van der Waals surface area contributed by atoms with Crippen molar-refractivity contribution in [2.75, 3.05) is 13.2 Å². The summed E-state index contributed by atoms with van der Waals surface area (Å²) in [5, 5.41) is 11.1. The maximum atomic E-state index is 13.3. The first-order chi connectivity index (χ1) is 13.2. The fourth-order valence-electron chi connectivity index (χ4n) is 3.20. The van der Waals surface area contributed by atoms with Crippen molar-refractivity contribution in [1.29, 1.82) is 0 Å². The molecule has 1 aliphatic rings. The lowest BCUT2D eigenvalue weighted by Crippen LogP contribution is -2.23. The van der Waals surface area contributed by atoms with Gasteiger partial charge in [-0.2, -0.15) is 0 Å². The molecule has 27 heavy (non-hydrogen) atoms. The van der Waals surface area contributed by atoms with Gasteiger partial charge in [-0.3, -0.25) is 9.59 Å². The van der Waals surface area contributed by atoms with Crippen LogP contribution >= 0.6 is 0 Å². The number of tetrazole rings is 1. The van der Waals surface area contributed by atoms with Gasteiger partial charge in [0.05, 0.1) is 30.0 Å². The highest BCUT2D eigenvalue weighted by Crippen LogP contribution is 2.38. The van der Waals surface area contributed by atoms with Gasteiger partial charge in [0, 0.05) is 17.2 Å². The lowest BCUT2D eigenvalue weighted by molar-refractivity contribution is 0.0972. The van der Waals surface area contributed by atoms with E-state index in [1.165, 1.54) is 11.0 Å². The normalized spacial score (nSPS) is 12.5. The van der Waals surface area contributed by atoms with E-state index >= 15 is 0 Å². The molecule has 0 fully saturated rings. The Hall–Kier alpha value is -3.55. The first kappa shape index (κ1) is 16.9. The third-order valence-corrected chi connectivity index (χ3v) is 4.27.